The van der Waals surface area contributed by atoms with Crippen molar-refractivity contribution in [1.82, 2.24) is 4.90 Å². The molecule has 3 aliphatic rings. The van der Waals surface area contributed by atoms with Gasteiger partial charge in [-0.25, -0.2) is 0 Å². The summed E-state index contributed by atoms with van der Waals surface area (Å²) in [5.41, 5.74) is 0.232. The summed E-state index contributed by atoms with van der Waals surface area (Å²) >= 11 is 0. The quantitative estimate of drug-likeness (QED) is 0.601. The molecule has 86 valence electrons. The summed E-state index contributed by atoms with van der Waals surface area (Å²) in [7, 11) is 0. The van der Waals surface area contributed by atoms with E-state index in [4.69, 9.17) is 0 Å². The molecule has 2 saturated heterocycles. The van der Waals surface area contributed by atoms with E-state index in [9.17, 15) is 4.79 Å². The van der Waals surface area contributed by atoms with Gasteiger partial charge in [0.15, 0.2) is 0 Å². The lowest BCUT2D eigenvalue weighted by molar-refractivity contribution is -0.148. The van der Waals surface area contributed by atoms with Crippen LogP contribution in [-0.2, 0) is 4.79 Å². The molecular formula is C13H23NO. The van der Waals surface area contributed by atoms with Crippen LogP contribution < -0.4 is 0 Å². The highest BCUT2D eigenvalue weighted by Crippen LogP contribution is 2.45. The largest absolute Gasteiger partial charge is 0.336 e. The van der Waals surface area contributed by atoms with Crippen LogP contribution >= 0.6 is 0 Å². The average Bonchev–Trinajstić information content (AvgIpc) is 2.16. The molecule has 0 aromatic carbocycles. The van der Waals surface area contributed by atoms with Gasteiger partial charge in [0.1, 0.15) is 0 Å². The molecule has 3 fully saturated rings. The summed E-state index contributed by atoms with van der Waals surface area (Å²) in [4.78, 5) is 14.0. The van der Waals surface area contributed by atoms with Crippen molar-refractivity contribution in [3.05, 3.63) is 0 Å². The van der Waals surface area contributed by atoms with E-state index in [2.05, 4.69) is 25.7 Å². The zero-order chi connectivity index (χ0) is 11.2. The SMILES string of the molecule is CC(=O)N1C2CCC(CC2)C1C(C)(C)C. The first-order valence-corrected chi connectivity index (χ1v) is 6.20. The number of carbonyl (C=O) groups excluding carboxylic acids is 1. The third kappa shape index (κ3) is 1.79. The van der Waals surface area contributed by atoms with Crippen LogP contribution in [0.4, 0.5) is 0 Å². The molecule has 1 atom stereocenters. The monoisotopic (exact) mass is 209 g/mol. The van der Waals surface area contributed by atoms with Crippen molar-refractivity contribution in [2.45, 2.75) is 65.5 Å². The number of nitrogens with zero attached hydrogens (tertiary/aromatic N) is 1. The fourth-order valence-electron chi connectivity index (χ4n) is 3.73. The Labute approximate surface area is 93.0 Å². The highest BCUT2D eigenvalue weighted by molar-refractivity contribution is 5.74. The van der Waals surface area contributed by atoms with Crippen molar-refractivity contribution < 1.29 is 4.79 Å². The van der Waals surface area contributed by atoms with Gasteiger partial charge in [-0.15, -0.1) is 0 Å². The zero-order valence-electron chi connectivity index (χ0n) is 10.4. The Hall–Kier alpha value is -0.530. The first-order chi connectivity index (χ1) is 6.91. The fourth-order valence-corrected chi connectivity index (χ4v) is 3.73. The van der Waals surface area contributed by atoms with Crippen LogP contribution in [0.25, 0.3) is 0 Å². The van der Waals surface area contributed by atoms with E-state index in [1.807, 2.05) is 0 Å². The van der Waals surface area contributed by atoms with Gasteiger partial charge >= 0.3 is 0 Å². The summed E-state index contributed by atoms with van der Waals surface area (Å²) in [5.74, 6) is 1.03. The minimum atomic E-state index is 0.232. The molecule has 2 aliphatic heterocycles. The summed E-state index contributed by atoms with van der Waals surface area (Å²) in [6.07, 6.45) is 5.13. The van der Waals surface area contributed by atoms with Crippen LogP contribution in [0, 0.1) is 11.3 Å². The van der Waals surface area contributed by atoms with E-state index in [1.54, 1.807) is 6.92 Å². The van der Waals surface area contributed by atoms with Crippen molar-refractivity contribution in [2.75, 3.05) is 0 Å². The molecule has 2 bridgehead atoms. The molecule has 0 aromatic heterocycles. The first-order valence-electron chi connectivity index (χ1n) is 6.20. The van der Waals surface area contributed by atoms with Gasteiger partial charge in [0, 0.05) is 19.0 Å². The van der Waals surface area contributed by atoms with Crippen molar-refractivity contribution in [3.63, 3.8) is 0 Å². The molecule has 3 rings (SSSR count). The Morgan fingerprint density at radius 3 is 2.00 bits per heavy atom. The maximum Gasteiger partial charge on any atom is 0.219 e. The van der Waals surface area contributed by atoms with Gasteiger partial charge in [-0.1, -0.05) is 20.8 Å². The highest BCUT2D eigenvalue weighted by atomic mass is 16.2. The van der Waals surface area contributed by atoms with Crippen LogP contribution in [0.2, 0.25) is 0 Å². The van der Waals surface area contributed by atoms with Gasteiger partial charge in [0.05, 0.1) is 0 Å². The van der Waals surface area contributed by atoms with Gasteiger partial charge < -0.3 is 4.90 Å². The molecule has 1 saturated carbocycles. The molecule has 0 radical (unpaired) electrons. The van der Waals surface area contributed by atoms with Crippen molar-refractivity contribution in [2.24, 2.45) is 11.3 Å². The van der Waals surface area contributed by atoms with Crippen LogP contribution in [0.15, 0.2) is 0 Å². The van der Waals surface area contributed by atoms with E-state index < -0.39 is 0 Å². The minimum Gasteiger partial charge on any atom is -0.336 e. The fraction of sp³-hybridized carbons (Fsp3) is 0.923. The van der Waals surface area contributed by atoms with E-state index in [0.717, 1.165) is 5.92 Å². The van der Waals surface area contributed by atoms with Crippen LogP contribution in [0.3, 0.4) is 0 Å². The molecule has 2 nitrogen and oxygen atoms in total. The second kappa shape index (κ2) is 3.50. The Morgan fingerprint density at radius 2 is 1.67 bits per heavy atom. The summed E-state index contributed by atoms with van der Waals surface area (Å²) < 4.78 is 0. The predicted molar refractivity (Wildman–Crippen MR) is 61.5 cm³/mol. The molecule has 1 unspecified atom stereocenters. The Balaban J connectivity index is 2.29. The number of fused-ring (bicyclic) bond motifs is 3. The van der Waals surface area contributed by atoms with E-state index >= 15 is 0 Å². The summed E-state index contributed by atoms with van der Waals surface area (Å²) in [6, 6.07) is 1.01. The van der Waals surface area contributed by atoms with Gasteiger partial charge in [0.2, 0.25) is 5.91 Å². The third-order valence-electron chi connectivity index (χ3n) is 4.13. The molecule has 1 aliphatic carbocycles. The van der Waals surface area contributed by atoms with E-state index in [0.29, 0.717) is 12.1 Å². The minimum absolute atomic E-state index is 0.232. The lowest BCUT2D eigenvalue weighted by Gasteiger charge is -2.56. The van der Waals surface area contributed by atoms with E-state index in [-0.39, 0.29) is 11.3 Å². The zero-order valence-corrected chi connectivity index (χ0v) is 10.4. The summed E-state index contributed by atoms with van der Waals surface area (Å²) in [5, 5.41) is 0. The molecule has 15 heavy (non-hydrogen) atoms. The lowest BCUT2D eigenvalue weighted by atomic mass is 9.66. The van der Waals surface area contributed by atoms with Gasteiger partial charge in [-0.05, 0) is 37.0 Å². The third-order valence-corrected chi connectivity index (χ3v) is 4.13. The second-order valence-corrected chi connectivity index (χ2v) is 6.31. The first kappa shape index (κ1) is 11.0. The molecule has 2 heteroatoms. The van der Waals surface area contributed by atoms with Gasteiger partial charge in [0.25, 0.3) is 0 Å². The predicted octanol–water partition coefficient (Wildman–Crippen LogP) is 2.82. The van der Waals surface area contributed by atoms with Crippen molar-refractivity contribution in [1.29, 1.82) is 0 Å². The number of hydrogen-bond acceptors (Lipinski definition) is 1. The number of carbonyl (C=O) groups is 1. The number of amides is 1. The normalized spacial score (nSPS) is 35.7. The van der Waals surface area contributed by atoms with Crippen LogP contribution in [0.5, 0.6) is 0 Å². The molecular weight excluding hydrogens is 186 g/mol. The van der Waals surface area contributed by atoms with Crippen LogP contribution in [-0.4, -0.2) is 22.9 Å². The Kier molecular flexibility index (Phi) is 2.56. The maximum absolute atomic E-state index is 11.8. The maximum atomic E-state index is 11.8. The Bertz CT molecular complexity index is 258. The van der Waals surface area contributed by atoms with Gasteiger partial charge in [-0.3, -0.25) is 4.79 Å². The van der Waals surface area contributed by atoms with Crippen molar-refractivity contribution in [3.8, 4) is 0 Å². The summed E-state index contributed by atoms with van der Waals surface area (Å²) in [6.45, 7) is 8.55. The molecule has 0 aromatic rings. The molecule has 0 N–H and O–H groups in total. The standard InChI is InChI=1S/C13H23NO/c1-9(15)14-11-7-5-10(6-8-11)12(14)13(2,3)4/h10-12H,5-8H2,1-4H3. The number of rotatable bonds is 0. The van der Waals surface area contributed by atoms with E-state index in [1.165, 1.54) is 25.7 Å². The molecule has 2 heterocycles. The average molecular weight is 209 g/mol. The highest BCUT2D eigenvalue weighted by Gasteiger charge is 2.47. The second-order valence-electron chi connectivity index (χ2n) is 6.31. The molecule has 0 spiro atoms. The number of hydrogen-bond donors (Lipinski definition) is 0. The topological polar surface area (TPSA) is 20.3 Å². The molecule has 1 amide bonds. The lowest BCUT2D eigenvalue weighted by Crippen LogP contribution is -2.61. The Morgan fingerprint density at radius 1 is 1.13 bits per heavy atom. The number of piperidine rings is 2. The van der Waals surface area contributed by atoms with Gasteiger partial charge in [-0.2, -0.15) is 0 Å². The van der Waals surface area contributed by atoms with Crippen LogP contribution in [0.1, 0.15) is 53.4 Å². The van der Waals surface area contributed by atoms with Crippen molar-refractivity contribution >= 4 is 5.91 Å². The smallest absolute Gasteiger partial charge is 0.219 e.